The third kappa shape index (κ3) is 3.39. The Bertz CT molecular complexity index is 692. The van der Waals surface area contributed by atoms with Crippen molar-refractivity contribution in [1.82, 2.24) is 4.57 Å². The number of pyridine rings is 1. The van der Waals surface area contributed by atoms with Gasteiger partial charge in [0.15, 0.2) is 0 Å². The van der Waals surface area contributed by atoms with Crippen molar-refractivity contribution in [2.75, 3.05) is 13.7 Å². The zero-order valence-electron chi connectivity index (χ0n) is 12.7. The Kier molecular flexibility index (Phi) is 5.26. The molecular formula is C17H21NO2S. The second kappa shape index (κ2) is 6.96. The van der Waals surface area contributed by atoms with Gasteiger partial charge in [0.2, 0.25) is 0 Å². The number of methoxy groups -OCH3 is 1. The molecule has 112 valence electrons. The molecule has 3 nitrogen and oxygen atoms in total. The third-order valence-corrected chi connectivity index (χ3v) is 3.94. The average Bonchev–Trinajstić information content (AvgIpc) is 2.46. The van der Waals surface area contributed by atoms with E-state index in [4.69, 9.17) is 4.74 Å². The molecule has 0 bridgehead atoms. The first-order chi connectivity index (χ1) is 10.1. The van der Waals surface area contributed by atoms with Gasteiger partial charge in [-0.2, -0.15) is 12.6 Å². The summed E-state index contributed by atoms with van der Waals surface area (Å²) in [6, 6.07) is 10.1. The number of hydrogen-bond acceptors (Lipinski definition) is 3. The highest BCUT2D eigenvalue weighted by Gasteiger charge is 2.11. The van der Waals surface area contributed by atoms with Gasteiger partial charge in [0.25, 0.3) is 5.56 Å². The van der Waals surface area contributed by atoms with Crippen LogP contribution < -0.4 is 5.56 Å². The maximum absolute atomic E-state index is 12.5. The molecule has 1 heterocycles. The standard InChI is InChI=1S/C17H21NO2S/c1-12-4-6-15(13(2)10-12)16-7-5-14(11-21)17(19)18(16)8-9-20-3/h4-7,10,21H,8-9,11H2,1-3H3. The smallest absolute Gasteiger partial charge is 0.255 e. The summed E-state index contributed by atoms with van der Waals surface area (Å²) in [7, 11) is 1.64. The van der Waals surface area contributed by atoms with Crippen LogP contribution in [0.1, 0.15) is 16.7 Å². The Balaban J connectivity index is 2.61. The van der Waals surface area contributed by atoms with E-state index < -0.39 is 0 Å². The van der Waals surface area contributed by atoms with Crippen LogP contribution in [-0.4, -0.2) is 18.3 Å². The molecule has 0 aliphatic heterocycles. The first kappa shape index (κ1) is 15.9. The van der Waals surface area contributed by atoms with Crippen LogP contribution in [0.5, 0.6) is 0 Å². The van der Waals surface area contributed by atoms with Crippen LogP contribution >= 0.6 is 12.6 Å². The molecule has 0 spiro atoms. The normalized spacial score (nSPS) is 10.9. The maximum atomic E-state index is 12.5. The van der Waals surface area contributed by atoms with Crippen molar-refractivity contribution in [3.8, 4) is 11.3 Å². The minimum atomic E-state index is 0.0134. The number of nitrogens with zero attached hydrogens (tertiary/aromatic N) is 1. The largest absolute Gasteiger partial charge is 0.383 e. The summed E-state index contributed by atoms with van der Waals surface area (Å²) >= 11 is 4.23. The van der Waals surface area contributed by atoms with E-state index in [9.17, 15) is 4.79 Å². The molecule has 0 saturated heterocycles. The first-order valence-electron chi connectivity index (χ1n) is 6.98. The lowest BCUT2D eigenvalue weighted by molar-refractivity contribution is 0.186. The van der Waals surface area contributed by atoms with Gasteiger partial charge in [0, 0.05) is 30.5 Å². The third-order valence-electron chi connectivity index (χ3n) is 3.60. The lowest BCUT2D eigenvalue weighted by Gasteiger charge is -2.16. The van der Waals surface area contributed by atoms with Gasteiger partial charge in [-0.15, -0.1) is 0 Å². The molecule has 1 aromatic carbocycles. The molecule has 1 aromatic heterocycles. The van der Waals surface area contributed by atoms with E-state index in [-0.39, 0.29) is 5.56 Å². The average molecular weight is 303 g/mol. The van der Waals surface area contributed by atoms with Gasteiger partial charge in [-0.05, 0) is 25.5 Å². The van der Waals surface area contributed by atoms with Crippen LogP contribution in [0, 0.1) is 13.8 Å². The minimum absolute atomic E-state index is 0.0134. The van der Waals surface area contributed by atoms with Gasteiger partial charge in [-0.25, -0.2) is 0 Å². The fourth-order valence-electron chi connectivity index (χ4n) is 2.48. The molecule has 2 aromatic rings. The van der Waals surface area contributed by atoms with Gasteiger partial charge in [0.05, 0.1) is 12.3 Å². The van der Waals surface area contributed by atoms with Gasteiger partial charge in [0.1, 0.15) is 0 Å². The molecule has 0 aliphatic carbocycles. The fraction of sp³-hybridized carbons (Fsp3) is 0.353. The topological polar surface area (TPSA) is 31.2 Å². The quantitative estimate of drug-likeness (QED) is 0.860. The molecule has 0 N–H and O–H groups in total. The van der Waals surface area contributed by atoms with Gasteiger partial charge >= 0.3 is 0 Å². The summed E-state index contributed by atoms with van der Waals surface area (Å²) in [6.45, 7) is 5.19. The number of aromatic nitrogens is 1. The van der Waals surface area contributed by atoms with Crippen LogP contribution in [0.2, 0.25) is 0 Å². The van der Waals surface area contributed by atoms with Crippen molar-refractivity contribution in [1.29, 1.82) is 0 Å². The summed E-state index contributed by atoms with van der Waals surface area (Å²) in [5.74, 6) is 0.443. The Labute approximate surface area is 131 Å². The van der Waals surface area contributed by atoms with E-state index in [0.717, 1.165) is 11.3 Å². The van der Waals surface area contributed by atoms with Crippen LogP contribution in [-0.2, 0) is 17.0 Å². The summed E-state index contributed by atoms with van der Waals surface area (Å²) < 4.78 is 6.92. The van der Waals surface area contributed by atoms with Crippen molar-refractivity contribution in [2.45, 2.75) is 26.1 Å². The van der Waals surface area contributed by atoms with Gasteiger partial charge in [-0.1, -0.05) is 29.8 Å². The van der Waals surface area contributed by atoms with Gasteiger partial charge < -0.3 is 9.30 Å². The van der Waals surface area contributed by atoms with E-state index in [1.807, 2.05) is 12.1 Å². The second-order valence-electron chi connectivity index (χ2n) is 5.17. The van der Waals surface area contributed by atoms with E-state index in [2.05, 4.69) is 44.7 Å². The van der Waals surface area contributed by atoms with E-state index in [0.29, 0.717) is 24.5 Å². The lowest BCUT2D eigenvalue weighted by atomic mass is 10.0. The van der Waals surface area contributed by atoms with E-state index in [1.165, 1.54) is 11.1 Å². The summed E-state index contributed by atoms with van der Waals surface area (Å²) in [5.41, 5.74) is 5.12. The Hall–Kier alpha value is -1.52. The SMILES string of the molecule is COCCn1c(-c2ccc(C)cc2C)ccc(CS)c1=O. The van der Waals surface area contributed by atoms with Crippen molar-refractivity contribution in [2.24, 2.45) is 0 Å². The van der Waals surface area contributed by atoms with Crippen molar-refractivity contribution in [3.05, 3.63) is 57.4 Å². The molecule has 0 radical (unpaired) electrons. The Morgan fingerprint density at radius 3 is 2.57 bits per heavy atom. The predicted molar refractivity (Wildman–Crippen MR) is 90.2 cm³/mol. The maximum Gasteiger partial charge on any atom is 0.255 e. The molecule has 4 heteroatoms. The molecule has 0 aliphatic rings. The molecule has 0 fully saturated rings. The highest BCUT2D eigenvalue weighted by atomic mass is 32.1. The molecule has 0 amide bonds. The van der Waals surface area contributed by atoms with Crippen LogP contribution in [0.15, 0.2) is 35.1 Å². The lowest BCUT2D eigenvalue weighted by Crippen LogP contribution is -2.26. The number of hydrogen-bond donors (Lipinski definition) is 1. The summed E-state index contributed by atoms with van der Waals surface area (Å²) in [4.78, 5) is 12.5. The zero-order chi connectivity index (χ0) is 15.4. The number of aryl methyl sites for hydroxylation is 2. The van der Waals surface area contributed by atoms with Crippen molar-refractivity contribution in [3.63, 3.8) is 0 Å². The number of benzene rings is 1. The fourth-order valence-corrected chi connectivity index (χ4v) is 2.73. The first-order valence-corrected chi connectivity index (χ1v) is 7.62. The Morgan fingerprint density at radius 2 is 1.95 bits per heavy atom. The summed E-state index contributed by atoms with van der Waals surface area (Å²) in [6.07, 6.45) is 0. The molecule has 0 atom stereocenters. The molecule has 0 unspecified atom stereocenters. The minimum Gasteiger partial charge on any atom is -0.383 e. The van der Waals surface area contributed by atoms with Gasteiger partial charge in [-0.3, -0.25) is 4.79 Å². The Morgan fingerprint density at radius 1 is 1.19 bits per heavy atom. The van der Waals surface area contributed by atoms with Crippen molar-refractivity contribution >= 4 is 12.6 Å². The second-order valence-corrected chi connectivity index (χ2v) is 5.49. The molecule has 2 rings (SSSR count). The number of ether oxygens (including phenoxy) is 1. The van der Waals surface area contributed by atoms with Crippen LogP contribution in [0.25, 0.3) is 11.3 Å². The molecular weight excluding hydrogens is 282 g/mol. The van der Waals surface area contributed by atoms with E-state index >= 15 is 0 Å². The number of thiol groups is 1. The number of rotatable bonds is 5. The van der Waals surface area contributed by atoms with Crippen LogP contribution in [0.3, 0.4) is 0 Å². The van der Waals surface area contributed by atoms with Crippen molar-refractivity contribution < 1.29 is 4.74 Å². The highest BCUT2D eigenvalue weighted by Crippen LogP contribution is 2.23. The van der Waals surface area contributed by atoms with Crippen LogP contribution in [0.4, 0.5) is 0 Å². The molecule has 0 saturated carbocycles. The molecule has 21 heavy (non-hydrogen) atoms. The van der Waals surface area contributed by atoms with E-state index in [1.54, 1.807) is 11.7 Å². The highest BCUT2D eigenvalue weighted by molar-refractivity contribution is 7.79. The monoisotopic (exact) mass is 303 g/mol. The summed E-state index contributed by atoms with van der Waals surface area (Å²) in [5, 5.41) is 0. The predicted octanol–water partition coefficient (Wildman–Crippen LogP) is 3.21. The zero-order valence-corrected chi connectivity index (χ0v) is 13.6.